The average molecular weight is 351 g/mol. The van der Waals surface area contributed by atoms with Crippen LogP contribution in [0.3, 0.4) is 0 Å². The van der Waals surface area contributed by atoms with E-state index in [0.717, 1.165) is 5.56 Å². The Morgan fingerprint density at radius 2 is 2.00 bits per heavy atom. The topological polar surface area (TPSA) is 80.0 Å². The van der Waals surface area contributed by atoms with E-state index in [9.17, 15) is 14.7 Å². The monoisotopic (exact) mass is 351 g/mol. The lowest BCUT2D eigenvalue weighted by atomic mass is 9.99. The van der Waals surface area contributed by atoms with E-state index < -0.39 is 11.7 Å². The number of benzene rings is 2. The lowest BCUT2D eigenvalue weighted by Gasteiger charge is -2.28. The van der Waals surface area contributed by atoms with Gasteiger partial charge in [-0.3, -0.25) is 4.90 Å². The maximum Gasteiger partial charge on any atom is 0.414 e. The van der Waals surface area contributed by atoms with Gasteiger partial charge in [-0.1, -0.05) is 30.3 Å². The first kappa shape index (κ1) is 16.2. The van der Waals surface area contributed by atoms with E-state index in [1.807, 2.05) is 30.3 Å². The number of carbonyl (C=O) groups is 1. The Kier molecular flexibility index (Phi) is 4.08. The molecule has 0 radical (unpaired) electrons. The third-order valence-corrected chi connectivity index (χ3v) is 4.47. The molecule has 3 aromatic rings. The Bertz CT molecular complexity index is 1030. The SMILES string of the molecule is O=C(OCc1ccccc1)N1CCCc2c1c(=O)oc1ccc(O)cc21. The number of anilines is 1. The zero-order valence-electron chi connectivity index (χ0n) is 14.0. The zero-order chi connectivity index (χ0) is 18.1. The average Bonchev–Trinajstić information content (AvgIpc) is 2.67. The number of rotatable bonds is 2. The molecule has 0 saturated carbocycles. The number of aromatic hydroxyl groups is 1. The minimum Gasteiger partial charge on any atom is -0.508 e. The van der Waals surface area contributed by atoms with Crippen LogP contribution in [0.15, 0.2) is 57.7 Å². The first-order valence-electron chi connectivity index (χ1n) is 8.40. The molecule has 6 nitrogen and oxygen atoms in total. The maximum absolute atomic E-state index is 12.6. The van der Waals surface area contributed by atoms with Gasteiger partial charge in [0.25, 0.3) is 0 Å². The number of amides is 1. The van der Waals surface area contributed by atoms with Crippen molar-refractivity contribution in [3.8, 4) is 5.75 Å². The highest BCUT2D eigenvalue weighted by Gasteiger charge is 2.29. The summed E-state index contributed by atoms with van der Waals surface area (Å²) in [6, 6.07) is 13.9. The minimum atomic E-state index is -0.582. The van der Waals surface area contributed by atoms with Gasteiger partial charge in [0.15, 0.2) is 0 Å². The highest BCUT2D eigenvalue weighted by atomic mass is 16.6. The van der Waals surface area contributed by atoms with Crippen molar-refractivity contribution in [2.24, 2.45) is 0 Å². The normalized spacial score (nSPS) is 13.5. The van der Waals surface area contributed by atoms with E-state index in [1.165, 1.54) is 11.0 Å². The van der Waals surface area contributed by atoms with E-state index in [1.54, 1.807) is 12.1 Å². The van der Waals surface area contributed by atoms with Gasteiger partial charge in [-0.2, -0.15) is 0 Å². The summed E-state index contributed by atoms with van der Waals surface area (Å²) < 4.78 is 10.7. The number of phenols is 1. The lowest BCUT2D eigenvalue weighted by molar-refractivity contribution is 0.146. The molecule has 2 aromatic carbocycles. The molecule has 0 atom stereocenters. The quantitative estimate of drug-likeness (QED) is 0.714. The van der Waals surface area contributed by atoms with Crippen LogP contribution in [0.5, 0.6) is 5.75 Å². The molecule has 1 aliphatic rings. The molecule has 0 bridgehead atoms. The third kappa shape index (κ3) is 2.90. The molecule has 132 valence electrons. The molecule has 1 aromatic heterocycles. The Morgan fingerprint density at radius 3 is 2.81 bits per heavy atom. The van der Waals surface area contributed by atoms with E-state index >= 15 is 0 Å². The highest BCUT2D eigenvalue weighted by Crippen LogP contribution is 2.32. The Balaban J connectivity index is 1.68. The molecule has 6 heteroatoms. The molecule has 0 aliphatic carbocycles. The van der Waals surface area contributed by atoms with Crippen LogP contribution in [-0.4, -0.2) is 17.7 Å². The van der Waals surface area contributed by atoms with Gasteiger partial charge in [0.1, 0.15) is 23.6 Å². The molecular weight excluding hydrogens is 334 g/mol. The van der Waals surface area contributed by atoms with Gasteiger partial charge in [0, 0.05) is 11.9 Å². The van der Waals surface area contributed by atoms with E-state index in [-0.39, 0.29) is 18.0 Å². The number of fused-ring (bicyclic) bond motifs is 3. The highest BCUT2D eigenvalue weighted by molar-refractivity contribution is 5.94. The van der Waals surface area contributed by atoms with Crippen molar-refractivity contribution < 1.29 is 19.1 Å². The van der Waals surface area contributed by atoms with Crippen molar-refractivity contribution in [3.63, 3.8) is 0 Å². The Morgan fingerprint density at radius 1 is 1.19 bits per heavy atom. The molecule has 1 aliphatic heterocycles. The standard InChI is InChI=1S/C20H17NO5/c22-14-8-9-17-16(11-14)15-7-4-10-21(18(15)19(23)26-17)20(24)25-12-13-5-2-1-3-6-13/h1-3,5-6,8-9,11,22H,4,7,10,12H2. The first-order valence-corrected chi connectivity index (χ1v) is 8.40. The lowest BCUT2D eigenvalue weighted by Crippen LogP contribution is -2.39. The molecule has 4 rings (SSSR count). The summed E-state index contributed by atoms with van der Waals surface area (Å²) in [5.74, 6) is 0.0809. The van der Waals surface area contributed by atoms with Crippen molar-refractivity contribution in [2.45, 2.75) is 19.4 Å². The van der Waals surface area contributed by atoms with Crippen LogP contribution in [0.1, 0.15) is 17.5 Å². The summed E-state index contributed by atoms with van der Waals surface area (Å²) in [5, 5.41) is 10.4. The van der Waals surface area contributed by atoms with Gasteiger partial charge in [0.05, 0.1) is 0 Å². The number of aryl methyl sites for hydroxylation is 1. The van der Waals surface area contributed by atoms with E-state index in [2.05, 4.69) is 0 Å². The molecular formula is C20H17NO5. The molecule has 1 amide bonds. The van der Waals surface area contributed by atoms with Crippen molar-refractivity contribution in [2.75, 3.05) is 11.4 Å². The second kappa shape index (κ2) is 6.55. The Labute approximate surface area is 149 Å². The van der Waals surface area contributed by atoms with Crippen LogP contribution in [-0.2, 0) is 17.8 Å². The smallest absolute Gasteiger partial charge is 0.414 e. The molecule has 1 N–H and O–H groups in total. The summed E-state index contributed by atoms with van der Waals surface area (Å²) in [6.45, 7) is 0.515. The fraction of sp³-hybridized carbons (Fsp3) is 0.200. The minimum absolute atomic E-state index is 0.0809. The van der Waals surface area contributed by atoms with Crippen LogP contribution in [0.25, 0.3) is 11.0 Å². The first-order chi connectivity index (χ1) is 12.6. The zero-order valence-corrected chi connectivity index (χ0v) is 14.0. The molecule has 0 fully saturated rings. The number of phenolic OH excluding ortho intramolecular Hbond substituents is 1. The fourth-order valence-electron chi connectivity index (χ4n) is 3.27. The summed E-state index contributed by atoms with van der Waals surface area (Å²) in [4.78, 5) is 26.4. The number of carbonyl (C=O) groups excluding carboxylic acids is 1. The van der Waals surface area contributed by atoms with Crippen molar-refractivity contribution in [3.05, 3.63) is 70.1 Å². The van der Waals surface area contributed by atoms with Gasteiger partial charge in [-0.25, -0.2) is 9.59 Å². The number of hydrogen-bond donors (Lipinski definition) is 1. The second-order valence-electron chi connectivity index (χ2n) is 6.19. The van der Waals surface area contributed by atoms with E-state index in [0.29, 0.717) is 35.9 Å². The predicted molar refractivity (Wildman–Crippen MR) is 96.4 cm³/mol. The van der Waals surface area contributed by atoms with Crippen LogP contribution in [0, 0.1) is 0 Å². The summed E-state index contributed by atoms with van der Waals surface area (Å²) >= 11 is 0. The maximum atomic E-state index is 12.6. The predicted octanol–water partition coefficient (Wildman–Crippen LogP) is 3.59. The molecule has 0 saturated heterocycles. The van der Waals surface area contributed by atoms with Crippen LogP contribution in [0.2, 0.25) is 0 Å². The second-order valence-corrected chi connectivity index (χ2v) is 6.19. The number of hydrogen-bond acceptors (Lipinski definition) is 5. The fourth-order valence-corrected chi connectivity index (χ4v) is 3.27. The number of nitrogens with zero attached hydrogens (tertiary/aromatic N) is 1. The van der Waals surface area contributed by atoms with Crippen molar-refractivity contribution in [1.29, 1.82) is 0 Å². The van der Waals surface area contributed by atoms with Gasteiger partial charge in [0.2, 0.25) is 0 Å². The molecule has 0 unspecified atom stereocenters. The largest absolute Gasteiger partial charge is 0.508 e. The van der Waals surface area contributed by atoms with Crippen LogP contribution in [0.4, 0.5) is 10.5 Å². The van der Waals surface area contributed by atoms with Crippen molar-refractivity contribution >= 4 is 22.7 Å². The van der Waals surface area contributed by atoms with Crippen LogP contribution < -0.4 is 10.5 Å². The third-order valence-electron chi connectivity index (χ3n) is 4.47. The number of ether oxygens (including phenoxy) is 1. The van der Waals surface area contributed by atoms with Crippen LogP contribution >= 0.6 is 0 Å². The van der Waals surface area contributed by atoms with Gasteiger partial charge in [-0.15, -0.1) is 0 Å². The molecule has 2 heterocycles. The van der Waals surface area contributed by atoms with E-state index in [4.69, 9.17) is 9.15 Å². The summed E-state index contributed by atoms with van der Waals surface area (Å²) in [7, 11) is 0. The Hall–Kier alpha value is -3.28. The summed E-state index contributed by atoms with van der Waals surface area (Å²) in [6.07, 6.45) is 0.743. The van der Waals surface area contributed by atoms with Gasteiger partial charge in [-0.05, 0) is 42.2 Å². The molecule has 26 heavy (non-hydrogen) atoms. The van der Waals surface area contributed by atoms with Gasteiger partial charge < -0.3 is 14.3 Å². The summed E-state index contributed by atoms with van der Waals surface area (Å²) in [5.41, 5.74) is 1.59. The van der Waals surface area contributed by atoms with Crippen molar-refractivity contribution in [1.82, 2.24) is 0 Å². The van der Waals surface area contributed by atoms with Gasteiger partial charge >= 0.3 is 11.7 Å². The molecule has 0 spiro atoms.